The lowest BCUT2D eigenvalue weighted by Gasteiger charge is -2.62. The van der Waals surface area contributed by atoms with Gasteiger partial charge in [-0.2, -0.15) is 0 Å². The molecule has 0 aromatic rings. The number of hydrogen-bond acceptors (Lipinski definition) is 7. The van der Waals surface area contributed by atoms with Crippen LogP contribution in [0.2, 0.25) is 0 Å². The van der Waals surface area contributed by atoms with Crippen molar-refractivity contribution in [2.45, 2.75) is 155 Å². The van der Waals surface area contributed by atoms with Crippen LogP contribution in [0.1, 0.15) is 136 Å². The maximum absolute atomic E-state index is 13.6. The van der Waals surface area contributed by atoms with Crippen molar-refractivity contribution in [1.82, 2.24) is 0 Å². The van der Waals surface area contributed by atoms with E-state index in [1.807, 2.05) is 13.8 Å². The number of ether oxygens (including phenoxy) is 3. The Morgan fingerprint density at radius 1 is 0.953 bits per heavy atom. The molecule has 8 unspecified atom stereocenters. The van der Waals surface area contributed by atoms with Crippen molar-refractivity contribution in [2.24, 2.45) is 34.0 Å². The van der Waals surface area contributed by atoms with Crippen LogP contribution in [0.3, 0.4) is 0 Å². The highest BCUT2D eigenvalue weighted by Crippen LogP contribution is 2.71. The van der Waals surface area contributed by atoms with Gasteiger partial charge in [-0.25, -0.2) is 0 Å². The van der Waals surface area contributed by atoms with E-state index in [9.17, 15) is 19.5 Å². The largest absolute Gasteiger partial charge is 0.461 e. The molecule has 3 saturated carbocycles. The molecule has 5 aliphatic rings. The number of esters is 2. The molecule has 0 radical (unpaired) electrons. The molecule has 8 atom stereocenters. The van der Waals surface area contributed by atoms with Gasteiger partial charge in [0, 0.05) is 29.6 Å². The Balaban J connectivity index is 1.14. The first kappa shape index (κ1) is 32.7. The monoisotopic (exact) mass is 600 g/mol. The zero-order valence-electron chi connectivity index (χ0n) is 27.0. The summed E-state index contributed by atoms with van der Waals surface area (Å²) >= 11 is 0. The highest BCUT2D eigenvalue weighted by Gasteiger charge is 2.78. The van der Waals surface area contributed by atoms with E-state index >= 15 is 0 Å². The average Bonchev–Trinajstić information content (AvgIpc) is 3.44. The molecule has 7 nitrogen and oxygen atoms in total. The normalized spacial score (nSPS) is 37.4. The second kappa shape index (κ2) is 13.3. The predicted molar refractivity (Wildman–Crippen MR) is 164 cm³/mol. The molecule has 2 bridgehead atoms. The fourth-order valence-electron chi connectivity index (χ4n) is 9.76. The van der Waals surface area contributed by atoms with E-state index in [4.69, 9.17) is 14.2 Å². The van der Waals surface area contributed by atoms with E-state index in [0.717, 1.165) is 25.7 Å². The van der Waals surface area contributed by atoms with Crippen LogP contribution in [0.15, 0.2) is 12.2 Å². The Kier molecular flexibility index (Phi) is 10.1. The summed E-state index contributed by atoms with van der Waals surface area (Å²) in [5.74, 6) is -1.58. The van der Waals surface area contributed by atoms with E-state index in [1.165, 1.54) is 64.2 Å². The van der Waals surface area contributed by atoms with Crippen LogP contribution in [0.5, 0.6) is 0 Å². The highest BCUT2D eigenvalue weighted by atomic mass is 16.7. The summed E-state index contributed by atoms with van der Waals surface area (Å²) in [5.41, 5.74) is -2.04. The summed E-state index contributed by atoms with van der Waals surface area (Å²) < 4.78 is 18.4. The summed E-state index contributed by atoms with van der Waals surface area (Å²) in [7, 11) is 0. The minimum atomic E-state index is -1.23. The number of carbonyl (C=O) groups is 3. The standard InChI is InChI=1S/C36H56O7/c1-5-6-7-8-9-10-11-12-13-14-15-16-17-18-29(38)43-32-30-34(3,4)27(37)21-28-36(30,23-41-32)26-20-19-25-22-35(26,33(40)42-28)31(39)24(25)2/h25-28,30,32,37H,2,5-23H2,1,3-4H3. The lowest BCUT2D eigenvalue weighted by molar-refractivity contribution is -0.255. The Morgan fingerprint density at radius 2 is 1.56 bits per heavy atom. The van der Waals surface area contributed by atoms with Gasteiger partial charge in [-0.3, -0.25) is 14.4 Å². The second-order valence-electron chi connectivity index (χ2n) is 15.1. The topological polar surface area (TPSA) is 99.1 Å². The van der Waals surface area contributed by atoms with E-state index < -0.39 is 46.6 Å². The molecule has 2 aliphatic heterocycles. The molecule has 242 valence electrons. The summed E-state index contributed by atoms with van der Waals surface area (Å²) in [6.45, 7) is 10.5. The Morgan fingerprint density at radius 3 is 2.19 bits per heavy atom. The van der Waals surface area contributed by atoms with Crippen molar-refractivity contribution in [2.75, 3.05) is 6.61 Å². The van der Waals surface area contributed by atoms with Gasteiger partial charge >= 0.3 is 11.9 Å². The van der Waals surface area contributed by atoms with Crippen LogP contribution in [-0.4, -0.2) is 47.9 Å². The number of aliphatic hydroxyl groups excluding tert-OH is 1. The van der Waals surface area contributed by atoms with Crippen molar-refractivity contribution >= 4 is 17.7 Å². The molecule has 0 aromatic heterocycles. The number of aliphatic hydroxyl groups is 1. The molecule has 3 aliphatic carbocycles. The third-order valence-corrected chi connectivity index (χ3v) is 12.2. The van der Waals surface area contributed by atoms with Crippen LogP contribution in [-0.2, 0) is 28.6 Å². The van der Waals surface area contributed by atoms with E-state index in [1.54, 1.807) is 0 Å². The third kappa shape index (κ3) is 5.75. The molecule has 2 spiro atoms. The minimum Gasteiger partial charge on any atom is -0.461 e. The molecule has 1 N–H and O–H groups in total. The molecule has 2 saturated heterocycles. The van der Waals surface area contributed by atoms with Gasteiger partial charge in [0.1, 0.15) is 11.5 Å². The van der Waals surface area contributed by atoms with Gasteiger partial charge < -0.3 is 19.3 Å². The highest BCUT2D eigenvalue weighted by molar-refractivity contribution is 6.15. The Bertz CT molecular complexity index is 1050. The first-order chi connectivity index (χ1) is 20.6. The van der Waals surface area contributed by atoms with E-state index in [0.29, 0.717) is 31.3 Å². The van der Waals surface area contributed by atoms with Crippen LogP contribution in [0.4, 0.5) is 0 Å². The van der Waals surface area contributed by atoms with Gasteiger partial charge in [0.05, 0.1) is 12.7 Å². The molecule has 43 heavy (non-hydrogen) atoms. The Labute approximate surface area is 258 Å². The van der Waals surface area contributed by atoms with Gasteiger partial charge in [0.15, 0.2) is 5.78 Å². The molecule has 2 heterocycles. The van der Waals surface area contributed by atoms with Gasteiger partial charge in [-0.05, 0) is 43.1 Å². The molecule has 0 aromatic carbocycles. The molecule has 0 amide bonds. The molecule has 5 fully saturated rings. The summed E-state index contributed by atoms with van der Waals surface area (Å²) in [5, 5.41) is 11.2. The lowest BCUT2D eigenvalue weighted by Crippen LogP contribution is -2.70. The van der Waals surface area contributed by atoms with Crippen LogP contribution < -0.4 is 0 Å². The fraction of sp³-hybridized carbons (Fsp3) is 0.861. The van der Waals surface area contributed by atoms with Crippen molar-refractivity contribution in [1.29, 1.82) is 0 Å². The molecule has 5 rings (SSSR count). The van der Waals surface area contributed by atoms with Crippen LogP contribution >= 0.6 is 0 Å². The van der Waals surface area contributed by atoms with Crippen molar-refractivity contribution in [3.8, 4) is 0 Å². The fourth-order valence-corrected chi connectivity index (χ4v) is 9.76. The molecular formula is C36H56O7. The third-order valence-electron chi connectivity index (χ3n) is 12.2. The molecule has 7 heteroatoms. The number of rotatable bonds is 15. The number of ketones is 1. The smallest absolute Gasteiger partial charge is 0.320 e. The SMILES string of the molecule is C=C1C(=O)C23CC1CCC2C12COC(OC(=O)CCCCCCCCCCCCCCC)C1C(C)(C)C(O)CC2OC3=O. The van der Waals surface area contributed by atoms with E-state index in [2.05, 4.69) is 13.5 Å². The van der Waals surface area contributed by atoms with Crippen LogP contribution in [0.25, 0.3) is 0 Å². The lowest BCUT2D eigenvalue weighted by atomic mass is 9.43. The van der Waals surface area contributed by atoms with Gasteiger partial charge in [0.2, 0.25) is 6.29 Å². The Hall–Kier alpha value is -1.73. The quantitative estimate of drug-likeness (QED) is 0.0916. The summed E-state index contributed by atoms with van der Waals surface area (Å²) in [6, 6.07) is 0. The average molecular weight is 601 g/mol. The number of unbranched alkanes of at least 4 members (excludes halogenated alkanes) is 12. The number of allylic oxidation sites excluding steroid dienone is 1. The predicted octanol–water partition coefficient (Wildman–Crippen LogP) is 7.23. The van der Waals surface area contributed by atoms with Gasteiger partial charge in [-0.15, -0.1) is 0 Å². The summed E-state index contributed by atoms with van der Waals surface area (Å²) in [4.78, 5) is 40.2. The zero-order chi connectivity index (χ0) is 30.8. The molecular weight excluding hydrogens is 544 g/mol. The second-order valence-corrected chi connectivity index (χ2v) is 15.1. The van der Waals surface area contributed by atoms with Crippen molar-refractivity contribution in [3.05, 3.63) is 12.2 Å². The van der Waals surface area contributed by atoms with Crippen molar-refractivity contribution < 1.29 is 33.7 Å². The zero-order valence-corrected chi connectivity index (χ0v) is 27.0. The van der Waals surface area contributed by atoms with Gasteiger partial charge in [-0.1, -0.05) is 104 Å². The van der Waals surface area contributed by atoms with E-state index in [-0.39, 0.29) is 30.2 Å². The number of carbonyl (C=O) groups excluding carboxylic acids is 3. The first-order valence-corrected chi connectivity index (χ1v) is 17.5. The number of Topliss-reactive ketones (excluding diaryl/α,β-unsaturated/α-hetero) is 1. The van der Waals surface area contributed by atoms with Crippen molar-refractivity contribution in [3.63, 3.8) is 0 Å². The summed E-state index contributed by atoms with van der Waals surface area (Å²) in [6.07, 6.45) is 16.6. The first-order valence-electron chi connectivity index (χ1n) is 17.5. The maximum atomic E-state index is 13.6. The minimum absolute atomic E-state index is 0.0150. The van der Waals surface area contributed by atoms with Crippen LogP contribution in [0, 0.1) is 34.0 Å². The number of fused-ring (bicyclic) bond motifs is 1. The maximum Gasteiger partial charge on any atom is 0.320 e. The van der Waals surface area contributed by atoms with Gasteiger partial charge in [0.25, 0.3) is 0 Å². The number of hydrogen-bond donors (Lipinski definition) is 1.